The normalized spacial score (nSPS) is 11.0. The zero-order chi connectivity index (χ0) is 19.0. The van der Waals surface area contributed by atoms with Gasteiger partial charge < -0.3 is 4.52 Å². The number of aryl methyl sites for hydroxylation is 2. The van der Waals surface area contributed by atoms with E-state index >= 15 is 0 Å². The third kappa shape index (κ3) is 10.8. The molecular weight excluding hydrogens is 347 g/mol. The summed E-state index contributed by atoms with van der Waals surface area (Å²) in [5.41, 5.74) is 0. The molecular formula is C20H38N2O3P+. The summed E-state index contributed by atoms with van der Waals surface area (Å²) in [4.78, 5) is 0. The molecule has 6 heteroatoms. The van der Waals surface area contributed by atoms with Crippen LogP contribution in [0.3, 0.4) is 0 Å². The first kappa shape index (κ1) is 23.0. The van der Waals surface area contributed by atoms with Crippen LogP contribution in [0.5, 0.6) is 6.01 Å². The lowest BCUT2D eigenvalue weighted by molar-refractivity contribution is -0.699. The Kier molecular flexibility index (Phi) is 13.3. The van der Waals surface area contributed by atoms with Crippen molar-refractivity contribution in [3.8, 4) is 6.01 Å². The summed E-state index contributed by atoms with van der Waals surface area (Å²) in [5.74, 6) is 0. The van der Waals surface area contributed by atoms with E-state index in [4.69, 9.17) is 4.52 Å². The van der Waals surface area contributed by atoms with Crippen LogP contribution in [0.4, 0.5) is 0 Å². The van der Waals surface area contributed by atoms with Crippen LogP contribution < -0.4 is 9.09 Å². The van der Waals surface area contributed by atoms with Crippen LogP contribution in [0.2, 0.25) is 0 Å². The summed E-state index contributed by atoms with van der Waals surface area (Å²) >= 11 is 0. The van der Waals surface area contributed by atoms with E-state index in [0.29, 0.717) is 6.01 Å². The van der Waals surface area contributed by atoms with Crippen LogP contribution >= 0.6 is 7.91 Å². The molecule has 0 bridgehead atoms. The highest BCUT2D eigenvalue weighted by molar-refractivity contribution is 7.25. The number of hydrogen-bond acceptors (Lipinski definition) is 3. The molecule has 0 aromatic carbocycles. The van der Waals surface area contributed by atoms with Gasteiger partial charge in [0.15, 0.2) is 0 Å². The maximum atomic E-state index is 10.8. The van der Waals surface area contributed by atoms with Gasteiger partial charge in [-0.05, 0) is 12.8 Å². The number of imidazole rings is 1. The van der Waals surface area contributed by atoms with Gasteiger partial charge in [-0.25, -0.2) is 0 Å². The zero-order valence-electron chi connectivity index (χ0n) is 16.8. The van der Waals surface area contributed by atoms with Gasteiger partial charge in [0.1, 0.15) is 12.4 Å². The van der Waals surface area contributed by atoms with Gasteiger partial charge in [0.2, 0.25) is 0 Å². The molecule has 0 unspecified atom stereocenters. The maximum absolute atomic E-state index is 10.8. The molecule has 1 rings (SSSR count). The van der Waals surface area contributed by atoms with Gasteiger partial charge >= 0.3 is 13.9 Å². The van der Waals surface area contributed by atoms with Gasteiger partial charge in [-0.3, -0.25) is 0 Å². The van der Waals surface area contributed by atoms with Crippen molar-refractivity contribution in [3.63, 3.8) is 0 Å². The van der Waals surface area contributed by atoms with E-state index in [2.05, 4.69) is 6.92 Å². The zero-order valence-corrected chi connectivity index (χ0v) is 17.7. The Balaban J connectivity index is 1.94. The average Bonchev–Trinajstić information content (AvgIpc) is 2.95. The Labute approximate surface area is 160 Å². The standard InChI is InChI=1S/C20H38N2O3P/c1-3-4-5-6-7-8-9-10-11-12-13-14-15-16-17-22-19-18-21(2)20(22)25-26(23)24/h18-19H,3-17H2,1-2H3/q+1. The molecule has 0 N–H and O–H groups in total. The maximum Gasteiger partial charge on any atom is 0.534 e. The smallest absolute Gasteiger partial charge is 0.315 e. The Bertz CT molecular complexity index is 533. The van der Waals surface area contributed by atoms with Crippen molar-refractivity contribution in [2.24, 2.45) is 7.05 Å². The van der Waals surface area contributed by atoms with Gasteiger partial charge in [0.05, 0.1) is 13.6 Å². The number of hydrogen-bond donors (Lipinski definition) is 0. The molecule has 0 aliphatic carbocycles. The summed E-state index contributed by atoms with van der Waals surface area (Å²) in [6, 6.07) is 0.385. The molecule has 0 aliphatic heterocycles. The largest absolute Gasteiger partial charge is 0.534 e. The second-order valence-electron chi connectivity index (χ2n) is 7.30. The van der Waals surface area contributed by atoms with Crippen molar-refractivity contribution in [1.29, 1.82) is 0 Å². The van der Waals surface area contributed by atoms with Gasteiger partial charge in [-0.2, -0.15) is 18.3 Å². The van der Waals surface area contributed by atoms with Gasteiger partial charge in [0, 0.05) is 0 Å². The molecule has 0 aliphatic rings. The predicted octanol–water partition coefficient (Wildman–Crippen LogP) is 6.26. The first-order valence-corrected chi connectivity index (χ1v) is 11.6. The second kappa shape index (κ2) is 15.0. The minimum atomic E-state index is -2.86. The van der Waals surface area contributed by atoms with Crippen LogP contribution in [0, 0.1) is 0 Å². The number of rotatable bonds is 17. The molecule has 0 amide bonds. The van der Waals surface area contributed by atoms with Gasteiger partial charge in [0.25, 0.3) is 0 Å². The topological polar surface area (TPSA) is 52.2 Å². The van der Waals surface area contributed by atoms with Crippen molar-refractivity contribution in [2.45, 2.75) is 103 Å². The van der Waals surface area contributed by atoms with Crippen LogP contribution in [0.1, 0.15) is 96.8 Å². The van der Waals surface area contributed by atoms with Crippen LogP contribution in [0.25, 0.3) is 0 Å². The molecule has 0 spiro atoms. The quantitative estimate of drug-likeness (QED) is 0.181. The summed E-state index contributed by atoms with van der Waals surface area (Å²) < 4.78 is 29.9. The Hall–Kier alpha value is -1.09. The van der Waals surface area contributed by atoms with E-state index in [9.17, 15) is 9.13 Å². The molecule has 0 atom stereocenters. The molecule has 150 valence electrons. The lowest BCUT2D eigenvalue weighted by atomic mass is 10.0. The summed E-state index contributed by atoms with van der Waals surface area (Å²) in [6.45, 7) is 3.07. The van der Waals surface area contributed by atoms with Crippen molar-refractivity contribution in [1.82, 2.24) is 4.57 Å². The Morgan fingerprint density at radius 1 is 0.846 bits per heavy atom. The molecule has 1 aromatic heterocycles. The predicted molar refractivity (Wildman–Crippen MR) is 105 cm³/mol. The molecule has 26 heavy (non-hydrogen) atoms. The fraction of sp³-hybridized carbons (Fsp3) is 0.850. The highest BCUT2D eigenvalue weighted by Gasteiger charge is 2.18. The fourth-order valence-electron chi connectivity index (χ4n) is 3.34. The Morgan fingerprint density at radius 2 is 1.31 bits per heavy atom. The number of nitrogens with zero attached hydrogens (tertiary/aromatic N) is 2. The van der Waals surface area contributed by atoms with Crippen molar-refractivity contribution < 1.29 is 18.2 Å². The minimum Gasteiger partial charge on any atom is -0.315 e. The lowest BCUT2D eigenvalue weighted by Crippen LogP contribution is -2.33. The van der Waals surface area contributed by atoms with E-state index in [-0.39, 0.29) is 0 Å². The van der Waals surface area contributed by atoms with E-state index in [1.165, 1.54) is 83.5 Å². The van der Waals surface area contributed by atoms with E-state index in [1.54, 1.807) is 11.6 Å². The van der Waals surface area contributed by atoms with Crippen LogP contribution in [0.15, 0.2) is 12.4 Å². The van der Waals surface area contributed by atoms with E-state index in [0.717, 1.165) is 13.0 Å². The molecule has 0 saturated carbocycles. The average molecular weight is 386 g/mol. The third-order valence-electron chi connectivity index (χ3n) is 4.93. The summed E-state index contributed by atoms with van der Waals surface area (Å²) in [6.07, 6.45) is 22.4. The molecule has 0 saturated heterocycles. The van der Waals surface area contributed by atoms with Crippen LogP contribution in [-0.4, -0.2) is 4.57 Å². The lowest BCUT2D eigenvalue weighted by Gasteiger charge is -2.03. The highest BCUT2D eigenvalue weighted by atomic mass is 31.1. The SMILES string of the molecule is CCCCCCCCCCCCCCCC[n+]1ccn(C)c1OP(=O)=O. The fourth-order valence-corrected chi connectivity index (χ4v) is 3.71. The monoisotopic (exact) mass is 385 g/mol. The van der Waals surface area contributed by atoms with Crippen molar-refractivity contribution in [3.05, 3.63) is 12.4 Å². The summed E-state index contributed by atoms with van der Waals surface area (Å²) in [7, 11) is -1.08. The second-order valence-corrected chi connectivity index (χ2v) is 7.93. The van der Waals surface area contributed by atoms with Crippen LogP contribution in [-0.2, 0) is 22.7 Å². The van der Waals surface area contributed by atoms with E-state index < -0.39 is 7.91 Å². The number of aromatic nitrogens is 2. The summed E-state index contributed by atoms with van der Waals surface area (Å²) in [5, 5.41) is 0. The van der Waals surface area contributed by atoms with Gasteiger partial charge in [-0.1, -0.05) is 84.0 Å². The third-order valence-corrected chi connectivity index (χ3v) is 5.24. The first-order chi connectivity index (χ1) is 12.6. The molecule has 1 aromatic rings. The molecule has 5 nitrogen and oxygen atoms in total. The van der Waals surface area contributed by atoms with Crippen molar-refractivity contribution >= 4 is 7.91 Å². The first-order valence-electron chi connectivity index (χ1n) is 10.5. The molecule has 1 heterocycles. The number of unbranched alkanes of at least 4 members (excludes halogenated alkanes) is 13. The molecule has 0 radical (unpaired) electrons. The van der Waals surface area contributed by atoms with E-state index in [1.807, 2.05) is 17.0 Å². The minimum absolute atomic E-state index is 0.385. The molecule has 0 fully saturated rings. The van der Waals surface area contributed by atoms with Crippen molar-refractivity contribution in [2.75, 3.05) is 0 Å². The Morgan fingerprint density at radius 3 is 1.77 bits per heavy atom. The van der Waals surface area contributed by atoms with Gasteiger partial charge in [-0.15, -0.1) is 0 Å². The highest BCUT2D eigenvalue weighted by Crippen LogP contribution is 2.15.